The molecule has 0 bridgehead atoms. The number of rotatable bonds is 2. The van der Waals surface area contributed by atoms with E-state index in [-0.39, 0.29) is 18.6 Å². The van der Waals surface area contributed by atoms with Gasteiger partial charge in [0, 0.05) is 13.0 Å². The molecule has 2 nitrogen and oxygen atoms in total. The van der Waals surface area contributed by atoms with Crippen molar-refractivity contribution in [3.05, 3.63) is 0 Å². The molecule has 0 N–H and O–H groups in total. The van der Waals surface area contributed by atoms with Gasteiger partial charge in [-0.2, -0.15) is 13.2 Å². The lowest BCUT2D eigenvalue weighted by molar-refractivity contribution is -0.282. The summed E-state index contributed by atoms with van der Waals surface area (Å²) in [6, 6.07) is 0. The quantitative estimate of drug-likeness (QED) is 0.720. The third-order valence-corrected chi connectivity index (χ3v) is 3.19. The zero-order chi connectivity index (χ0) is 11.7. The first-order valence-corrected chi connectivity index (χ1v) is 4.95. The molecule has 0 aliphatic heterocycles. The summed E-state index contributed by atoms with van der Waals surface area (Å²) >= 11 is 0. The highest BCUT2D eigenvalue weighted by atomic mass is 19.4. The molecule has 2 unspecified atom stereocenters. The summed E-state index contributed by atoms with van der Waals surface area (Å²) in [4.78, 5) is 11.1. The second kappa shape index (κ2) is 4.12. The fourth-order valence-electron chi connectivity index (χ4n) is 2.14. The molecular formula is C10H15F3O2. The normalized spacial score (nSPS) is 32.7. The smallest absolute Gasteiger partial charge is 0.369 e. The van der Waals surface area contributed by atoms with Crippen LogP contribution in [0.1, 0.15) is 32.6 Å². The monoisotopic (exact) mass is 224 g/mol. The first-order valence-electron chi connectivity index (χ1n) is 4.95. The lowest BCUT2D eigenvalue weighted by Crippen LogP contribution is -2.51. The van der Waals surface area contributed by atoms with Crippen molar-refractivity contribution in [1.29, 1.82) is 0 Å². The number of halogens is 3. The van der Waals surface area contributed by atoms with Gasteiger partial charge in [0.2, 0.25) is 0 Å². The molecule has 1 saturated carbocycles. The summed E-state index contributed by atoms with van der Waals surface area (Å²) < 4.78 is 43.0. The van der Waals surface area contributed by atoms with Crippen molar-refractivity contribution in [3.63, 3.8) is 0 Å². The summed E-state index contributed by atoms with van der Waals surface area (Å²) in [6.07, 6.45) is -3.75. The maximum absolute atomic E-state index is 12.8. The van der Waals surface area contributed by atoms with Crippen LogP contribution in [-0.2, 0) is 9.53 Å². The van der Waals surface area contributed by atoms with E-state index in [1.807, 2.05) is 0 Å². The highest BCUT2D eigenvalue weighted by molar-refractivity contribution is 5.78. The van der Waals surface area contributed by atoms with Gasteiger partial charge in [0.15, 0.2) is 5.60 Å². The maximum Gasteiger partial charge on any atom is 0.417 e. The number of Topliss-reactive ketones (excluding diaryl/α,β-unsaturated/α-hetero) is 1. The van der Waals surface area contributed by atoms with E-state index in [1.165, 1.54) is 6.92 Å². The molecule has 0 radical (unpaired) electrons. The van der Waals surface area contributed by atoms with Crippen LogP contribution in [0.2, 0.25) is 0 Å². The molecule has 0 spiro atoms. The predicted octanol–water partition coefficient (Wildman–Crippen LogP) is 2.71. The lowest BCUT2D eigenvalue weighted by atomic mass is 9.76. The number of carbonyl (C=O) groups is 1. The Hall–Kier alpha value is -0.580. The van der Waals surface area contributed by atoms with Gasteiger partial charge in [-0.05, 0) is 32.6 Å². The van der Waals surface area contributed by atoms with Gasteiger partial charge >= 0.3 is 6.18 Å². The average Bonchev–Trinajstić information content (AvgIpc) is 2.16. The molecule has 0 aromatic rings. The van der Waals surface area contributed by atoms with E-state index in [2.05, 4.69) is 4.74 Å². The Kier molecular flexibility index (Phi) is 3.43. The molecule has 1 rings (SSSR count). The van der Waals surface area contributed by atoms with Crippen molar-refractivity contribution in [2.45, 2.75) is 44.4 Å². The third kappa shape index (κ3) is 2.33. The molecule has 0 saturated heterocycles. The van der Waals surface area contributed by atoms with Crippen molar-refractivity contribution in [2.24, 2.45) is 5.92 Å². The largest absolute Gasteiger partial charge is 0.417 e. The molecule has 5 heteroatoms. The average molecular weight is 224 g/mol. The topological polar surface area (TPSA) is 26.3 Å². The number of ether oxygens (including phenoxy) is 1. The summed E-state index contributed by atoms with van der Waals surface area (Å²) in [6.45, 7) is 1.34. The van der Waals surface area contributed by atoms with Crippen LogP contribution < -0.4 is 0 Å². The van der Waals surface area contributed by atoms with Crippen molar-refractivity contribution < 1.29 is 22.7 Å². The van der Waals surface area contributed by atoms with E-state index >= 15 is 0 Å². The zero-order valence-corrected chi connectivity index (χ0v) is 8.86. The lowest BCUT2D eigenvalue weighted by Gasteiger charge is -2.40. The first-order chi connectivity index (χ1) is 6.82. The molecule has 1 aliphatic carbocycles. The first kappa shape index (κ1) is 12.5. The fraction of sp³-hybridized carbons (Fsp3) is 0.900. The zero-order valence-electron chi connectivity index (χ0n) is 8.86. The SMILES string of the molecule is COC1(C(F)(F)F)CCCC(C(C)=O)C1. The Balaban J connectivity index is 2.87. The third-order valence-electron chi connectivity index (χ3n) is 3.19. The van der Waals surface area contributed by atoms with Crippen LogP contribution in [0.25, 0.3) is 0 Å². The van der Waals surface area contributed by atoms with Crippen molar-refractivity contribution in [3.8, 4) is 0 Å². The summed E-state index contributed by atoms with van der Waals surface area (Å²) in [5, 5.41) is 0. The van der Waals surface area contributed by atoms with E-state index in [0.29, 0.717) is 12.8 Å². The highest BCUT2D eigenvalue weighted by Gasteiger charge is 2.57. The Morgan fingerprint density at radius 2 is 2.07 bits per heavy atom. The molecular weight excluding hydrogens is 209 g/mol. The molecule has 1 aliphatic rings. The van der Waals surface area contributed by atoms with Gasteiger partial charge in [0.1, 0.15) is 5.78 Å². The number of carbonyl (C=O) groups excluding carboxylic acids is 1. The Morgan fingerprint density at radius 1 is 1.47 bits per heavy atom. The molecule has 0 heterocycles. The molecule has 15 heavy (non-hydrogen) atoms. The Labute approximate surface area is 86.8 Å². The Morgan fingerprint density at radius 3 is 2.47 bits per heavy atom. The predicted molar refractivity (Wildman–Crippen MR) is 48.4 cm³/mol. The number of methoxy groups -OCH3 is 1. The standard InChI is InChI=1S/C10H15F3O2/c1-7(14)8-4-3-5-9(6-8,15-2)10(11,12)13/h8H,3-6H2,1-2H3. The maximum atomic E-state index is 12.8. The van der Waals surface area contributed by atoms with Crippen LogP contribution in [0.3, 0.4) is 0 Å². The van der Waals surface area contributed by atoms with E-state index in [4.69, 9.17) is 0 Å². The van der Waals surface area contributed by atoms with Crippen LogP contribution in [0.15, 0.2) is 0 Å². The summed E-state index contributed by atoms with van der Waals surface area (Å²) in [5.41, 5.74) is -2.11. The van der Waals surface area contributed by atoms with Crippen LogP contribution in [0.4, 0.5) is 13.2 Å². The van der Waals surface area contributed by atoms with Gasteiger partial charge in [-0.3, -0.25) is 4.79 Å². The minimum absolute atomic E-state index is 0.0449. The second-order valence-corrected chi connectivity index (χ2v) is 4.10. The number of hydrogen-bond acceptors (Lipinski definition) is 2. The number of hydrogen-bond donors (Lipinski definition) is 0. The second-order valence-electron chi connectivity index (χ2n) is 4.10. The van der Waals surface area contributed by atoms with E-state index in [1.54, 1.807) is 0 Å². The molecule has 0 aromatic heterocycles. The van der Waals surface area contributed by atoms with E-state index in [0.717, 1.165) is 7.11 Å². The fourth-order valence-corrected chi connectivity index (χ4v) is 2.14. The van der Waals surface area contributed by atoms with Gasteiger partial charge in [-0.1, -0.05) is 0 Å². The number of alkyl halides is 3. The summed E-state index contributed by atoms with van der Waals surface area (Å²) in [7, 11) is 1.07. The van der Waals surface area contributed by atoms with Crippen LogP contribution in [0.5, 0.6) is 0 Å². The summed E-state index contributed by atoms with van der Waals surface area (Å²) in [5.74, 6) is -0.694. The van der Waals surface area contributed by atoms with Crippen molar-refractivity contribution in [1.82, 2.24) is 0 Å². The van der Waals surface area contributed by atoms with Gasteiger partial charge in [0.25, 0.3) is 0 Å². The van der Waals surface area contributed by atoms with Crippen LogP contribution in [0, 0.1) is 5.92 Å². The highest BCUT2D eigenvalue weighted by Crippen LogP contribution is 2.45. The Bertz CT molecular complexity index is 250. The minimum atomic E-state index is -4.39. The van der Waals surface area contributed by atoms with Gasteiger partial charge in [0.05, 0.1) is 0 Å². The van der Waals surface area contributed by atoms with E-state index < -0.39 is 17.7 Å². The van der Waals surface area contributed by atoms with E-state index in [9.17, 15) is 18.0 Å². The minimum Gasteiger partial charge on any atom is -0.369 e. The van der Waals surface area contributed by atoms with Crippen LogP contribution in [-0.4, -0.2) is 24.7 Å². The molecule has 2 atom stereocenters. The van der Waals surface area contributed by atoms with Crippen molar-refractivity contribution in [2.75, 3.05) is 7.11 Å². The van der Waals surface area contributed by atoms with Gasteiger partial charge in [-0.25, -0.2) is 0 Å². The van der Waals surface area contributed by atoms with Crippen LogP contribution >= 0.6 is 0 Å². The van der Waals surface area contributed by atoms with Gasteiger partial charge in [-0.15, -0.1) is 0 Å². The molecule has 88 valence electrons. The van der Waals surface area contributed by atoms with Gasteiger partial charge < -0.3 is 4.74 Å². The number of ketones is 1. The van der Waals surface area contributed by atoms with Crippen molar-refractivity contribution >= 4 is 5.78 Å². The molecule has 0 amide bonds. The molecule has 1 fully saturated rings. The molecule has 0 aromatic carbocycles.